The van der Waals surface area contributed by atoms with Crippen LogP contribution in [0.25, 0.3) is 0 Å². The first-order valence-corrected chi connectivity index (χ1v) is 9.29. The van der Waals surface area contributed by atoms with Crippen molar-refractivity contribution in [2.24, 2.45) is 0 Å². The van der Waals surface area contributed by atoms with Gasteiger partial charge in [0.2, 0.25) is 0 Å². The SMILES string of the molecule is COc1ccc(CCNc2cncc(C(=O)Nc3ccc(C(C)=O)cc3)c2)cc1. The highest BCUT2D eigenvalue weighted by atomic mass is 16.5. The fourth-order valence-corrected chi connectivity index (χ4v) is 2.80. The maximum atomic E-state index is 12.5. The maximum Gasteiger partial charge on any atom is 0.257 e. The number of rotatable bonds is 8. The third-order valence-corrected chi connectivity index (χ3v) is 4.45. The van der Waals surface area contributed by atoms with Crippen LogP contribution in [0.5, 0.6) is 5.75 Å². The number of hydrogen-bond acceptors (Lipinski definition) is 5. The van der Waals surface area contributed by atoms with E-state index in [1.54, 1.807) is 43.6 Å². The van der Waals surface area contributed by atoms with E-state index in [-0.39, 0.29) is 11.7 Å². The molecule has 1 aromatic heterocycles. The van der Waals surface area contributed by atoms with Crippen molar-refractivity contribution in [1.82, 2.24) is 4.98 Å². The van der Waals surface area contributed by atoms with Crippen LogP contribution in [0.2, 0.25) is 0 Å². The van der Waals surface area contributed by atoms with Crippen LogP contribution in [-0.4, -0.2) is 30.3 Å². The molecule has 0 bridgehead atoms. The first kappa shape index (κ1) is 20.1. The van der Waals surface area contributed by atoms with Gasteiger partial charge in [0.25, 0.3) is 5.91 Å². The zero-order valence-corrected chi connectivity index (χ0v) is 16.4. The Kier molecular flexibility index (Phi) is 6.58. The van der Waals surface area contributed by atoms with Crippen molar-refractivity contribution in [1.29, 1.82) is 0 Å². The summed E-state index contributed by atoms with van der Waals surface area (Å²) in [7, 11) is 1.65. The van der Waals surface area contributed by atoms with E-state index in [4.69, 9.17) is 4.74 Å². The van der Waals surface area contributed by atoms with Gasteiger partial charge in [-0.15, -0.1) is 0 Å². The second-order valence-electron chi connectivity index (χ2n) is 6.57. The highest BCUT2D eigenvalue weighted by Crippen LogP contribution is 2.15. The molecule has 29 heavy (non-hydrogen) atoms. The monoisotopic (exact) mass is 389 g/mol. The average molecular weight is 389 g/mol. The number of ketones is 1. The minimum absolute atomic E-state index is 0.0134. The van der Waals surface area contributed by atoms with E-state index in [9.17, 15) is 9.59 Å². The summed E-state index contributed by atoms with van der Waals surface area (Å²) in [6.45, 7) is 2.22. The van der Waals surface area contributed by atoms with Gasteiger partial charge in [-0.3, -0.25) is 14.6 Å². The number of carbonyl (C=O) groups is 2. The molecule has 2 aromatic carbocycles. The fraction of sp³-hybridized carbons (Fsp3) is 0.174. The quantitative estimate of drug-likeness (QED) is 0.565. The number of nitrogens with one attached hydrogen (secondary N) is 2. The van der Waals surface area contributed by atoms with E-state index in [2.05, 4.69) is 15.6 Å². The summed E-state index contributed by atoms with van der Waals surface area (Å²) >= 11 is 0. The minimum Gasteiger partial charge on any atom is -0.497 e. The normalized spacial score (nSPS) is 10.3. The summed E-state index contributed by atoms with van der Waals surface area (Å²) < 4.78 is 5.16. The molecule has 0 fully saturated rings. The summed E-state index contributed by atoms with van der Waals surface area (Å²) in [6.07, 6.45) is 4.04. The second-order valence-corrected chi connectivity index (χ2v) is 6.57. The molecule has 0 saturated carbocycles. The molecule has 3 rings (SSSR count). The largest absolute Gasteiger partial charge is 0.497 e. The van der Waals surface area contributed by atoms with Gasteiger partial charge < -0.3 is 15.4 Å². The predicted octanol–water partition coefficient (Wildman–Crippen LogP) is 4.20. The molecule has 0 saturated heterocycles. The molecule has 148 valence electrons. The summed E-state index contributed by atoms with van der Waals surface area (Å²) in [5, 5.41) is 6.10. The summed E-state index contributed by atoms with van der Waals surface area (Å²) in [6, 6.07) is 16.5. The lowest BCUT2D eigenvalue weighted by Gasteiger charge is -2.09. The zero-order chi connectivity index (χ0) is 20.6. The molecule has 0 radical (unpaired) electrons. The molecule has 0 atom stereocenters. The number of benzene rings is 2. The van der Waals surface area contributed by atoms with Gasteiger partial charge in [0.15, 0.2) is 5.78 Å². The Morgan fingerprint density at radius 3 is 2.31 bits per heavy atom. The fourth-order valence-electron chi connectivity index (χ4n) is 2.80. The van der Waals surface area contributed by atoms with Crippen LogP contribution in [0.4, 0.5) is 11.4 Å². The smallest absolute Gasteiger partial charge is 0.257 e. The molecule has 0 aliphatic rings. The molecule has 1 heterocycles. The van der Waals surface area contributed by atoms with Crippen LogP contribution >= 0.6 is 0 Å². The molecule has 2 N–H and O–H groups in total. The third kappa shape index (κ3) is 5.65. The highest BCUT2D eigenvalue weighted by molar-refractivity contribution is 6.04. The van der Waals surface area contributed by atoms with Crippen molar-refractivity contribution >= 4 is 23.1 Å². The van der Waals surface area contributed by atoms with Gasteiger partial charge in [0.05, 0.1) is 18.4 Å². The summed E-state index contributed by atoms with van der Waals surface area (Å²) in [4.78, 5) is 28.0. The summed E-state index contributed by atoms with van der Waals surface area (Å²) in [5.74, 6) is 0.563. The van der Waals surface area contributed by atoms with E-state index in [1.807, 2.05) is 24.3 Å². The van der Waals surface area contributed by atoms with Gasteiger partial charge in [0.1, 0.15) is 5.75 Å². The molecule has 6 heteroatoms. The lowest BCUT2D eigenvalue weighted by molar-refractivity contribution is 0.101. The highest BCUT2D eigenvalue weighted by Gasteiger charge is 2.08. The van der Waals surface area contributed by atoms with Crippen molar-refractivity contribution in [3.8, 4) is 5.75 Å². The summed E-state index contributed by atoms with van der Waals surface area (Å²) in [5.41, 5.74) is 3.65. The van der Waals surface area contributed by atoms with Crippen LogP contribution in [-0.2, 0) is 6.42 Å². The minimum atomic E-state index is -0.258. The molecular formula is C23H23N3O3. The molecule has 3 aromatic rings. The standard InChI is InChI=1S/C23H23N3O3/c1-16(27)18-5-7-20(8-6-18)26-23(28)19-13-21(15-24-14-19)25-12-11-17-3-9-22(29-2)10-4-17/h3-10,13-15,25H,11-12H2,1-2H3,(H,26,28). The Morgan fingerprint density at radius 2 is 1.66 bits per heavy atom. The number of ether oxygens (including phenoxy) is 1. The van der Waals surface area contributed by atoms with E-state index in [0.717, 1.165) is 17.9 Å². The van der Waals surface area contributed by atoms with Crippen molar-refractivity contribution < 1.29 is 14.3 Å². The number of methoxy groups -OCH3 is 1. The Balaban J connectivity index is 1.56. The Bertz CT molecular complexity index is 983. The van der Waals surface area contributed by atoms with Gasteiger partial charge in [-0.25, -0.2) is 0 Å². The Morgan fingerprint density at radius 1 is 0.931 bits per heavy atom. The van der Waals surface area contributed by atoms with E-state index in [0.29, 0.717) is 23.4 Å². The lowest BCUT2D eigenvalue weighted by atomic mass is 10.1. The van der Waals surface area contributed by atoms with E-state index < -0.39 is 0 Å². The van der Waals surface area contributed by atoms with E-state index in [1.165, 1.54) is 18.7 Å². The number of amides is 1. The van der Waals surface area contributed by atoms with Crippen molar-refractivity contribution in [2.75, 3.05) is 24.3 Å². The van der Waals surface area contributed by atoms with E-state index >= 15 is 0 Å². The molecule has 1 amide bonds. The predicted molar refractivity (Wildman–Crippen MR) is 114 cm³/mol. The number of hydrogen-bond donors (Lipinski definition) is 2. The Hall–Kier alpha value is -3.67. The van der Waals surface area contributed by atoms with Gasteiger partial charge in [0, 0.05) is 30.2 Å². The van der Waals surface area contributed by atoms with Crippen molar-refractivity contribution in [3.05, 3.63) is 83.7 Å². The van der Waals surface area contributed by atoms with Crippen LogP contribution in [0.3, 0.4) is 0 Å². The van der Waals surface area contributed by atoms with Gasteiger partial charge in [-0.2, -0.15) is 0 Å². The maximum absolute atomic E-state index is 12.5. The molecular weight excluding hydrogens is 366 g/mol. The average Bonchev–Trinajstić information content (AvgIpc) is 2.75. The van der Waals surface area contributed by atoms with Crippen molar-refractivity contribution in [2.45, 2.75) is 13.3 Å². The zero-order valence-electron chi connectivity index (χ0n) is 16.4. The first-order chi connectivity index (χ1) is 14.0. The molecule has 0 aliphatic carbocycles. The number of carbonyl (C=O) groups excluding carboxylic acids is 2. The van der Waals surface area contributed by atoms with Crippen LogP contribution in [0.15, 0.2) is 67.0 Å². The molecule has 0 unspecified atom stereocenters. The number of nitrogens with zero attached hydrogens (tertiary/aromatic N) is 1. The van der Waals surface area contributed by atoms with Gasteiger partial charge in [-0.05, 0) is 61.4 Å². The topological polar surface area (TPSA) is 80.3 Å². The third-order valence-electron chi connectivity index (χ3n) is 4.45. The van der Waals surface area contributed by atoms with Crippen LogP contribution < -0.4 is 15.4 Å². The number of aromatic nitrogens is 1. The number of pyridine rings is 1. The Labute approximate surface area is 169 Å². The van der Waals surface area contributed by atoms with Crippen LogP contribution in [0.1, 0.15) is 33.2 Å². The van der Waals surface area contributed by atoms with Gasteiger partial charge >= 0.3 is 0 Å². The van der Waals surface area contributed by atoms with Crippen LogP contribution in [0, 0.1) is 0 Å². The lowest BCUT2D eigenvalue weighted by Crippen LogP contribution is -2.13. The molecule has 0 spiro atoms. The van der Waals surface area contributed by atoms with Crippen molar-refractivity contribution in [3.63, 3.8) is 0 Å². The number of Topliss-reactive ketones (excluding diaryl/α,β-unsaturated/α-hetero) is 1. The second kappa shape index (κ2) is 9.50. The first-order valence-electron chi connectivity index (χ1n) is 9.29. The molecule has 6 nitrogen and oxygen atoms in total. The number of anilines is 2. The molecule has 0 aliphatic heterocycles. The van der Waals surface area contributed by atoms with Gasteiger partial charge in [-0.1, -0.05) is 12.1 Å².